The summed E-state index contributed by atoms with van der Waals surface area (Å²) in [5.74, 6) is -1.27. The zero-order valence-electron chi connectivity index (χ0n) is 16.7. The minimum absolute atomic E-state index is 0.123. The number of hydrogen-bond acceptors (Lipinski definition) is 3. The zero-order chi connectivity index (χ0) is 24.3. The molecule has 0 saturated heterocycles. The molecule has 2 N–H and O–H groups in total. The minimum atomic E-state index is -4.69. The van der Waals surface area contributed by atoms with E-state index in [1.165, 1.54) is 24.9 Å². The third kappa shape index (κ3) is 6.86. The van der Waals surface area contributed by atoms with Gasteiger partial charge in [0.15, 0.2) is 0 Å². The highest BCUT2D eigenvalue weighted by molar-refractivity contribution is 6.31. The lowest BCUT2D eigenvalue weighted by molar-refractivity contribution is -0.138. The molecule has 2 amide bonds. The summed E-state index contributed by atoms with van der Waals surface area (Å²) in [7, 11) is 1.43. The zero-order valence-corrected chi connectivity index (χ0v) is 17.5. The van der Waals surface area contributed by atoms with E-state index in [4.69, 9.17) is 11.6 Å². The first kappa shape index (κ1) is 25.5. The molecule has 12 heteroatoms. The van der Waals surface area contributed by atoms with Crippen LogP contribution in [0.1, 0.15) is 18.1 Å². The van der Waals surface area contributed by atoms with Gasteiger partial charge in [-0.15, -0.1) is 0 Å². The molecule has 0 aliphatic heterocycles. The van der Waals surface area contributed by atoms with E-state index in [1.807, 2.05) is 0 Å². The highest BCUT2D eigenvalue weighted by Gasteiger charge is 2.33. The van der Waals surface area contributed by atoms with Gasteiger partial charge in [0.1, 0.15) is 0 Å². The minimum Gasteiger partial charge on any atom is -0.325 e. The number of likely N-dealkylation sites (N-methyl/N-ethyl adjacent to an activating group) is 1. The fourth-order valence-corrected chi connectivity index (χ4v) is 2.80. The van der Waals surface area contributed by atoms with Crippen LogP contribution < -0.4 is 10.6 Å². The van der Waals surface area contributed by atoms with Crippen molar-refractivity contribution in [2.24, 2.45) is 0 Å². The van der Waals surface area contributed by atoms with Gasteiger partial charge in [0.2, 0.25) is 11.8 Å². The molecule has 0 aromatic heterocycles. The van der Waals surface area contributed by atoms with Crippen LogP contribution >= 0.6 is 11.6 Å². The third-order valence-corrected chi connectivity index (χ3v) is 4.80. The van der Waals surface area contributed by atoms with Crippen LogP contribution in [0.3, 0.4) is 0 Å². The van der Waals surface area contributed by atoms with Crippen LogP contribution in [0.5, 0.6) is 0 Å². The lowest BCUT2D eigenvalue weighted by atomic mass is 10.2. The van der Waals surface area contributed by atoms with Crippen LogP contribution in [0.4, 0.5) is 37.7 Å². The van der Waals surface area contributed by atoms with Gasteiger partial charge >= 0.3 is 12.4 Å². The van der Waals surface area contributed by atoms with Gasteiger partial charge in [0, 0.05) is 11.4 Å². The van der Waals surface area contributed by atoms with Crippen LogP contribution in [-0.2, 0) is 21.9 Å². The van der Waals surface area contributed by atoms with Gasteiger partial charge in [-0.2, -0.15) is 26.3 Å². The average Bonchev–Trinajstić information content (AvgIpc) is 2.67. The molecular weight excluding hydrogens is 464 g/mol. The highest BCUT2D eigenvalue weighted by atomic mass is 35.5. The number of carbonyl (C=O) groups excluding carboxylic acids is 2. The molecule has 0 fully saturated rings. The van der Waals surface area contributed by atoms with E-state index in [0.29, 0.717) is 6.07 Å². The second-order valence-electron chi connectivity index (χ2n) is 6.90. The van der Waals surface area contributed by atoms with Crippen LogP contribution in [0.25, 0.3) is 0 Å². The average molecular weight is 482 g/mol. The van der Waals surface area contributed by atoms with E-state index in [9.17, 15) is 35.9 Å². The van der Waals surface area contributed by atoms with E-state index in [-0.39, 0.29) is 17.9 Å². The number of alkyl halides is 6. The van der Waals surface area contributed by atoms with Crippen LogP contribution in [0.15, 0.2) is 42.5 Å². The molecule has 0 bridgehead atoms. The van der Waals surface area contributed by atoms with E-state index in [1.54, 1.807) is 0 Å². The number of anilines is 2. The number of rotatable bonds is 6. The smallest absolute Gasteiger partial charge is 0.325 e. The fraction of sp³-hybridized carbons (Fsp3) is 0.300. The summed E-state index contributed by atoms with van der Waals surface area (Å²) < 4.78 is 76.6. The summed E-state index contributed by atoms with van der Waals surface area (Å²) in [5, 5.41) is 4.22. The summed E-state index contributed by atoms with van der Waals surface area (Å²) in [6.45, 7) is 1.11. The van der Waals surface area contributed by atoms with Crippen molar-refractivity contribution >= 4 is 34.8 Å². The summed E-state index contributed by atoms with van der Waals surface area (Å²) in [6, 6.07) is 5.86. The molecule has 0 unspecified atom stereocenters. The van der Waals surface area contributed by atoms with Crippen LogP contribution in [-0.4, -0.2) is 36.3 Å². The van der Waals surface area contributed by atoms with Gasteiger partial charge in [-0.3, -0.25) is 14.5 Å². The molecule has 0 spiro atoms. The maximum atomic E-state index is 12.9. The number of nitrogens with one attached hydrogen (secondary N) is 2. The molecule has 174 valence electrons. The number of hydrogen-bond donors (Lipinski definition) is 2. The van der Waals surface area contributed by atoms with Crippen molar-refractivity contribution in [3.8, 4) is 0 Å². The SMILES string of the molecule is C[C@H](C(=O)Nc1ccc(C(F)(F)F)cc1)N(C)CC(=O)Nc1ccc(Cl)c(C(F)(F)F)c1. The molecule has 0 aliphatic rings. The normalized spacial score (nSPS) is 13.1. The Morgan fingerprint density at radius 3 is 2.03 bits per heavy atom. The topological polar surface area (TPSA) is 61.4 Å². The van der Waals surface area contributed by atoms with Gasteiger partial charge in [-0.25, -0.2) is 0 Å². The molecule has 5 nitrogen and oxygen atoms in total. The highest BCUT2D eigenvalue weighted by Crippen LogP contribution is 2.36. The predicted octanol–water partition coefficient (Wildman–Crippen LogP) is 5.28. The number of carbonyl (C=O) groups is 2. The van der Waals surface area contributed by atoms with Gasteiger partial charge in [-0.1, -0.05) is 11.6 Å². The maximum Gasteiger partial charge on any atom is 0.417 e. The van der Waals surface area contributed by atoms with Crippen molar-refractivity contribution in [2.75, 3.05) is 24.2 Å². The standard InChI is InChI=1S/C20H18ClF6N3O2/c1-11(18(32)29-13-5-3-12(4-6-13)19(22,23)24)30(2)10-17(31)28-14-7-8-16(21)15(9-14)20(25,26)27/h3-9,11H,10H2,1-2H3,(H,28,31)(H,29,32)/t11-/m1/s1. The summed E-state index contributed by atoms with van der Waals surface area (Å²) in [5.41, 5.74) is -1.96. The van der Waals surface area contributed by atoms with Crippen molar-refractivity contribution in [2.45, 2.75) is 25.3 Å². The first-order valence-corrected chi connectivity index (χ1v) is 9.41. The monoisotopic (exact) mass is 481 g/mol. The second-order valence-corrected chi connectivity index (χ2v) is 7.30. The van der Waals surface area contributed by atoms with Crippen molar-refractivity contribution in [3.05, 3.63) is 58.6 Å². The van der Waals surface area contributed by atoms with Gasteiger partial charge in [0.25, 0.3) is 0 Å². The number of benzene rings is 2. The summed E-state index contributed by atoms with van der Waals surface area (Å²) in [6.07, 6.45) is -9.20. The Morgan fingerprint density at radius 2 is 1.50 bits per heavy atom. The third-order valence-electron chi connectivity index (χ3n) is 4.47. The van der Waals surface area contributed by atoms with Crippen molar-refractivity contribution in [1.29, 1.82) is 0 Å². The molecule has 0 radical (unpaired) electrons. The maximum absolute atomic E-state index is 12.9. The lowest BCUT2D eigenvalue weighted by Crippen LogP contribution is -2.43. The first-order valence-electron chi connectivity index (χ1n) is 9.03. The quantitative estimate of drug-likeness (QED) is 0.552. The van der Waals surface area contributed by atoms with Gasteiger partial charge < -0.3 is 10.6 Å². The molecule has 0 aliphatic carbocycles. The number of nitrogens with zero attached hydrogens (tertiary/aromatic N) is 1. The lowest BCUT2D eigenvalue weighted by Gasteiger charge is -2.23. The molecule has 1 atom stereocenters. The van der Waals surface area contributed by atoms with Crippen molar-refractivity contribution in [3.63, 3.8) is 0 Å². The van der Waals surface area contributed by atoms with Gasteiger partial charge in [-0.05, 0) is 56.4 Å². The van der Waals surface area contributed by atoms with E-state index in [0.717, 1.165) is 30.3 Å². The summed E-state index contributed by atoms with van der Waals surface area (Å²) in [4.78, 5) is 25.8. The second kappa shape index (κ2) is 9.78. The van der Waals surface area contributed by atoms with Crippen molar-refractivity contribution < 1.29 is 35.9 Å². The largest absolute Gasteiger partial charge is 0.417 e. The fourth-order valence-electron chi connectivity index (χ4n) is 2.57. The van der Waals surface area contributed by atoms with Crippen LogP contribution in [0.2, 0.25) is 5.02 Å². The Balaban J connectivity index is 1.96. The molecular formula is C20H18ClF6N3O2. The van der Waals surface area contributed by atoms with E-state index < -0.39 is 46.4 Å². The Labute approximate surface area is 184 Å². The molecule has 32 heavy (non-hydrogen) atoms. The van der Waals surface area contributed by atoms with E-state index >= 15 is 0 Å². The van der Waals surface area contributed by atoms with Crippen LogP contribution in [0, 0.1) is 0 Å². The molecule has 2 aromatic carbocycles. The predicted molar refractivity (Wildman–Crippen MR) is 107 cm³/mol. The molecule has 0 saturated carbocycles. The number of amides is 2. The van der Waals surface area contributed by atoms with Crippen molar-refractivity contribution in [1.82, 2.24) is 4.90 Å². The molecule has 2 rings (SSSR count). The Hall–Kier alpha value is -2.79. The molecule has 0 heterocycles. The Kier molecular flexibility index (Phi) is 7.79. The Morgan fingerprint density at radius 1 is 0.938 bits per heavy atom. The first-order chi connectivity index (χ1) is 14.7. The molecule has 2 aromatic rings. The summed E-state index contributed by atoms with van der Waals surface area (Å²) >= 11 is 5.53. The number of halogens is 7. The Bertz CT molecular complexity index is 977. The van der Waals surface area contributed by atoms with Gasteiger partial charge in [0.05, 0.1) is 28.7 Å². The van der Waals surface area contributed by atoms with E-state index in [2.05, 4.69) is 10.6 Å².